The van der Waals surface area contributed by atoms with Crippen LogP contribution in [-0.2, 0) is 4.74 Å². The maximum Gasteiger partial charge on any atom is 0.286 e. The van der Waals surface area contributed by atoms with Gasteiger partial charge >= 0.3 is 0 Å². The Morgan fingerprint density at radius 3 is 2.78 bits per heavy atom. The fourth-order valence-electron chi connectivity index (χ4n) is 0.219. The lowest BCUT2D eigenvalue weighted by Crippen LogP contribution is -2.04. The first-order valence-electron chi connectivity index (χ1n) is 2.19. The summed E-state index contributed by atoms with van der Waals surface area (Å²) in [6, 6.07) is 0. The van der Waals surface area contributed by atoms with Crippen molar-refractivity contribution < 1.29 is 14.6 Å². The van der Waals surface area contributed by atoms with Crippen molar-refractivity contribution in [2.24, 2.45) is 0 Å². The molecule has 9 heavy (non-hydrogen) atoms. The molecule has 0 aliphatic rings. The third kappa shape index (κ3) is 4.52. The molecule has 0 aliphatic heterocycles. The molecule has 0 aromatic rings. The molecule has 0 saturated heterocycles. The maximum absolute atomic E-state index is 10.0. The Kier molecular flexibility index (Phi) is 3.11. The third-order valence-electron chi connectivity index (χ3n) is 0.431. The van der Waals surface area contributed by atoms with Crippen LogP contribution >= 0.6 is 0 Å². The van der Waals surface area contributed by atoms with Crippen LogP contribution in [0.25, 0.3) is 5.43 Å². The predicted molar refractivity (Wildman–Crippen MR) is 27.4 cm³/mol. The number of nitro groups is 1. The van der Waals surface area contributed by atoms with E-state index in [9.17, 15) is 14.9 Å². The minimum atomic E-state index is -1.16. The van der Waals surface area contributed by atoms with Crippen LogP contribution in [0.15, 0.2) is 0 Å². The van der Waals surface area contributed by atoms with E-state index in [0.717, 1.165) is 0 Å². The highest BCUT2D eigenvalue weighted by Gasteiger charge is 1.90. The summed E-state index contributed by atoms with van der Waals surface area (Å²) in [5.74, 6) is 0. The Labute approximate surface area is 50.9 Å². The van der Waals surface area contributed by atoms with E-state index in [1.807, 2.05) is 0 Å². The van der Waals surface area contributed by atoms with Gasteiger partial charge in [0.05, 0.1) is 6.61 Å². The van der Waals surface area contributed by atoms with Crippen molar-refractivity contribution >= 4 is 6.09 Å². The summed E-state index contributed by atoms with van der Waals surface area (Å²) in [7, 11) is 0. The van der Waals surface area contributed by atoms with Gasteiger partial charge in [0.25, 0.3) is 6.09 Å². The molecule has 0 aromatic heterocycles. The van der Waals surface area contributed by atoms with Gasteiger partial charge in [0.1, 0.15) is 0 Å². The molecule has 6 heteroatoms. The number of amides is 1. The third-order valence-corrected chi connectivity index (χ3v) is 0.431. The fraction of sp³-hybridized carbons (Fsp3) is 0.667. The Balaban J connectivity index is 3.39. The van der Waals surface area contributed by atoms with Crippen LogP contribution in [0.4, 0.5) is 4.79 Å². The van der Waals surface area contributed by atoms with E-state index < -0.39 is 11.1 Å². The molecule has 0 aliphatic carbocycles. The van der Waals surface area contributed by atoms with E-state index in [1.165, 1.54) is 6.92 Å². The Hall–Kier alpha value is -1.33. The molecule has 0 bridgehead atoms. The van der Waals surface area contributed by atoms with Crippen molar-refractivity contribution in [1.29, 1.82) is 0 Å². The van der Waals surface area contributed by atoms with E-state index in [4.69, 9.17) is 0 Å². The highest BCUT2D eigenvalue weighted by atomic mass is 16.7. The van der Waals surface area contributed by atoms with E-state index in [0.29, 0.717) is 0 Å². The Morgan fingerprint density at radius 1 is 1.89 bits per heavy atom. The molecule has 6 nitrogen and oxygen atoms in total. The highest BCUT2D eigenvalue weighted by molar-refractivity contribution is 5.78. The second-order valence-electron chi connectivity index (χ2n) is 1.04. The van der Waals surface area contributed by atoms with Gasteiger partial charge in [0.15, 0.2) is 0 Å². The van der Waals surface area contributed by atoms with Crippen LogP contribution in [0, 0.1) is 10.1 Å². The molecular weight excluding hydrogens is 128 g/mol. The first kappa shape index (κ1) is 7.67. The molecule has 0 unspecified atom stereocenters. The van der Waals surface area contributed by atoms with Crippen molar-refractivity contribution in [3.63, 3.8) is 0 Å². The first-order chi connectivity index (χ1) is 4.16. The molecule has 0 N–H and O–H groups in total. The van der Waals surface area contributed by atoms with Crippen molar-refractivity contribution in [2.75, 3.05) is 6.61 Å². The molecule has 52 valence electrons. The summed E-state index contributed by atoms with van der Waals surface area (Å²) < 4.78 is 4.11. The molecule has 0 heterocycles. The summed E-state index contributed by atoms with van der Waals surface area (Å²) in [6.07, 6.45) is -1.16. The van der Waals surface area contributed by atoms with Crippen molar-refractivity contribution in [3.05, 3.63) is 15.5 Å². The monoisotopic (exact) mass is 133 g/mol. The van der Waals surface area contributed by atoms with Gasteiger partial charge in [-0.1, -0.05) is 0 Å². The van der Waals surface area contributed by atoms with Crippen molar-refractivity contribution in [1.82, 2.24) is 0 Å². The number of nitrogens with zero attached hydrogens (tertiary/aromatic N) is 2. The van der Waals surface area contributed by atoms with E-state index in [-0.39, 0.29) is 6.61 Å². The second-order valence-corrected chi connectivity index (χ2v) is 1.04. The van der Waals surface area contributed by atoms with Gasteiger partial charge in [-0.05, 0) is 12.0 Å². The Morgan fingerprint density at radius 2 is 2.44 bits per heavy atom. The van der Waals surface area contributed by atoms with Crippen LogP contribution in [0.2, 0.25) is 0 Å². The first-order valence-corrected chi connectivity index (χ1v) is 2.19. The van der Waals surface area contributed by atoms with E-state index >= 15 is 0 Å². The largest absolute Gasteiger partial charge is 0.475 e. The van der Waals surface area contributed by atoms with Gasteiger partial charge in [-0.25, -0.2) is 0 Å². The van der Waals surface area contributed by atoms with E-state index in [2.05, 4.69) is 10.2 Å². The molecule has 0 spiro atoms. The summed E-state index contributed by atoms with van der Waals surface area (Å²) in [4.78, 5) is 19.4. The van der Waals surface area contributed by atoms with Crippen LogP contribution in [0.3, 0.4) is 0 Å². The minimum Gasteiger partial charge on any atom is -0.475 e. The molecule has 0 atom stereocenters. The maximum atomic E-state index is 10.0. The number of rotatable bonds is 2. The smallest absolute Gasteiger partial charge is 0.286 e. The van der Waals surface area contributed by atoms with Gasteiger partial charge < -0.3 is 4.74 Å². The second kappa shape index (κ2) is 3.65. The van der Waals surface area contributed by atoms with Gasteiger partial charge in [-0.2, -0.15) is 0 Å². The standard InChI is InChI=1S/C3H6N2O4/c1-2-9-3(6)4-5(7)8/h2H2,1H3,(H,4,6)/p-1. The normalized spacial score (nSPS) is 8.11. The summed E-state index contributed by atoms with van der Waals surface area (Å²) in [6.45, 7) is 1.63. The zero-order valence-corrected chi connectivity index (χ0v) is 4.73. The average Bonchev–Trinajstić information content (AvgIpc) is 1.63. The zero-order chi connectivity index (χ0) is 7.28. The molecule has 0 rings (SSSR count). The number of ether oxygens (including phenoxy) is 1. The van der Waals surface area contributed by atoms with Crippen LogP contribution in [0.1, 0.15) is 6.92 Å². The molecule has 0 aromatic carbocycles. The summed E-state index contributed by atoms with van der Waals surface area (Å²) >= 11 is 0. The molecule has 0 radical (unpaired) electrons. The van der Waals surface area contributed by atoms with Gasteiger partial charge in [-0.3, -0.25) is 20.3 Å². The van der Waals surface area contributed by atoms with Crippen LogP contribution in [-0.4, -0.2) is 17.7 Å². The van der Waals surface area contributed by atoms with Crippen LogP contribution < -0.4 is 0 Å². The predicted octanol–water partition coefficient (Wildman–Crippen LogP) is 0.708. The number of hydrogen-bond acceptors (Lipinski definition) is 4. The van der Waals surface area contributed by atoms with E-state index in [1.54, 1.807) is 0 Å². The number of carbonyl (C=O) groups is 1. The average molecular weight is 133 g/mol. The topological polar surface area (TPSA) is 83.5 Å². The van der Waals surface area contributed by atoms with Crippen molar-refractivity contribution in [2.45, 2.75) is 6.92 Å². The van der Waals surface area contributed by atoms with Gasteiger partial charge in [0.2, 0.25) is 0 Å². The summed E-state index contributed by atoms with van der Waals surface area (Å²) in [5, 5.41) is 8.32. The molecule has 0 saturated carbocycles. The quantitative estimate of drug-likeness (QED) is 0.410. The highest BCUT2D eigenvalue weighted by Crippen LogP contribution is 1.91. The zero-order valence-electron chi connectivity index (χ0n) is 4.73. The fourth-order valence-corrected chi connectivity index (χ4v) is 0.219. The lowest BCUT2D eigenvalue weighted by Gasteiger charge is -2.06. The summed E-state index contributed by atoms with van der Waals surface area (Å²) in [5.41, 5.74) is 2.33. The van der Waals surface area contributed by atoms with Gasteiger partial charge in [0, 0.05) is 0 Å². The minimum absolute atomic E-state index is 0.0934. The Bertz CT molecular complexity index is 123. The van der Waals surface area contributed by atoms with Crippen molar-refractivity contribution in [3.8, 4) is 0 Å². The lowest BCUT2D eigenvalue weighted by atomic mass is 10.9. The lowest BCUT2D eigenvalue weighted by molar-refractivity contribution is -0.419. The molecular formula is C3H5N2O4-. The number of hydrogen-bond donors (Lipinski definition) is 0. The van der Waals surface area contributed by atoms with Crippen LogP contribution in [0.5, 0.6) is 0 Å². The molecule has 1 amide bonds. The van der Waals surface area contributed by atoms with Gasteiger partial charge in [-0.15, -0.1) is 0 Å². The molecule has 0 fully saturated rings. The number of carbonyl (C=O) groups excluding carboxylic acids is 1. The SMILES string of the molecule is CCOC(=O)[N-][N+](=O)[O-].